The van der Waals surface area contributed by atoms with Gasteiger partial charge in [-0.15, -0.1) is 0 Å². The molecule has 330 valence electrons. The van der Waals surface area contributed by atoms with Gasteiger partial charge in [-0.1, -0.05) is 176 Å². The Morgan fingerprint density at radius 3 is 0.882 bits per heavy atom. The van der Waals surface area contributed by atoms with Gasteiger partial charge in [0.15, 0.2) is 7.14 Å². The van der Waals surface area contributed by atoms with Crippen LogP contribution >= 0.6 is 24.3 Å². The van der Waals surface area contributed by atoms with Crippen LogP contribution in [0, 0.1) is 0 Å². The maximum Gasteiger partial charge on any atom is 0.530 e. The van der Waals surface area contributed by atoms with Crippen LogP contribution in [-0.4, -0.2) is 0 Å². The van der Waals surface area contributed by atoms with E-state index in [2.05, 4.69) is 24.3 Å². The van der Waals surface area contributed by atoms with Gasteiger partial charge in [-0.05, 0) is 116 Å². The highest BCUT2D eigenvalue weighted by atomic mass is 31.2. The molecule has 0 unspecified atom stereocenters. The van der Waals surface area contributed by atoms with Gasteiger partial charge in [0.1, 0.15) is 34.5 Å². The minimum Gasteiger partial charge on any atom is -0.408 e. The lowest BCUT2D eigenvalue weighted by Crippen LogP contribution is -2.27. The molecule has 7 nitrogen and oxygen atoms in total. The molecule has 0 radical (unpaired) electrons. The zero-order valence-electron chi connectivity index (χ0n) is 36.4. The molecule has 0 atom stereocenters. The van der Waals surface area contributed by atoms with E-state index in [4.69, 9.17) is 27.1 Å². The largest absolute Gasteiger partial charge is 0.530 e. The van der Waals surface area contributed by atoms with E-state index in [9.17, 15) is 0 Å². The first-order chi connectivity index (χ1) is 33.5. The highest BCUT2D eigenvalue weighted by molar-refractivity contribution is 7.85. The molecule has 0 saturated carbocycles. The first-order valence-electron chi connectivity index (χ1n) is 22.0. The summed E-state index contributed by atoms with van der Waals surface area (Å²) in [6, 6.07) is 79.9. The Kier molecular flexibility index (Phi) is 12.2. The molecule has 11 rings (SSSR count). The van der Waals surface area contributed by atoms with Gasteiger partial charge in [-0.2, -0.15) is 0 Å². The van der Waals surface area contributed by atoms with Crippen molar-refractivity contribution in [3.63, 3.8) is 0 Å². The molecular formula is C58H41O7P3. The van der Waals surface area contributed by atoms with Crippen LogP contribution in [0.5, 0.6) is 34.5 Å². The standard InChI is InChI=1S/C58H41O7P3/c59-68(54-24-2-1-3-25-54,57-28-14-12-26-55(57)64-66(60-50-34-30-42-16-4-8-20-46(42)38-50)61-51-35-31-43-17-5-9-21-47(43)39-51)58-29-15-13-27-56(58)65-67(62-52-36-32-44-18-6-10-22-48(44)40-52)63-53-37-33-45-19-7-11-23-49(45)41-53/h1-41H. The van der Waals surface area contributed by atoms with Crippen LogP contribution in [-0.2, 0) is 4.57 Å². The second kappa shape index (κ2) is 19.3. The van der Waals surface area contributed by atoms with Gasteiger partial charge in [-0.25, -0.2) is 0 Å². The summed E-state index contributed by atoms with van der Waals surface area (Å²) in [7, 11) is -8.27. The molecule has 0 N–H and O–H groups in total. The minimum atomic E-state index is -3.88. The molecule has 0 bridgehead atoms. The Morgan fingerprint density at radius 1 is 0.265 bits per heavy atom. The first-order valence-corrected chi connectivity index (χ1v) is 25.9. The Hall–Kier alpha value is -7.65. The van der Waals surface area contributed by atoms with Crippen LogP contribution < -0.4 is 43.1 Å². The third-order valence-electron chi connectivity index (χ3n) is 11.5. The molecule has 0 aliphatic rings. The normalized spacial score (nSPS) is 11.6. The Bertz CT molecular complexity index is 3250. The van der Waals surface area contributed by atoms with Crippen LogP contribution in [0.3, 0.4) is 0 Å². The van der Waals surface area contributed by atoms with E-state index in [1.165, 1.54) is 0 Å². The average Bonchev–Trinajstić information content (AvgIpc) is 3.39. The highest BCUT2D eigenvalue weighted by Gasteiger charge is 2.38. The molecule has 0 amide bonds. The number of hydrogen-bond donors (Lipinski definition) is 0. The number of para-hydroxylation sites is 2. The van der Waals surface area contributed by atoms with E-state index in [-0.39, 0.29) is 0 Å². The SMILES string of the molecule is O=P(c1ccccc1)(c1ccccc1OP(Oc1ccc2ccccc2c1)Oc1ccc2ccccc2c1)c1ccccc1OP(Oc1ccc2ccccc2c1)Oc1ccc2ccccc2c1. The zero-order valence-corrected chi connectivity index (χ0v) is 39.1. The minimum absolute atomic E-state index is 0.323. The van der Waals surface area contributed by atoms with Crippen molar-refractivity contribution in [1.82, 2.24) is 0 Å². The fraction of sp³-hybridized carbons (Fsp3) is 0. The fourth-order valence-corrected chi connectivity index (χ4v) is 13.2. The van der Waals surface area contributed by atoms with Crippen LogP contribution in [0.25, 0.3) is 43.1 Å². The van der Waals surface area contributed by atoms with Crippen molar-refractivity contribution in [1.29, 1.82) is 0 Å². The molecule has 0 fully saturated rings. The van der Waals surface area contributed by atoms with Crippen molar-refractivity contribution in [2.75, 3.05) is 0 Å². The second-order valence-electron chi connectivity index (χ2n) is 15.9. The number of hydrogen-bond acceptors (Lipinski definition) is 7. The molecule has 0 saturated heterocycles. The first kappa shape index (κ1) is 43.0. The molecule has 0 heterocycles. The Balaban J connectivity index is 0.991. The lowest BCUT2D eigenvalue weighted by Gasteiger charge is -2.26. The molecule has 0 aliphatic heterocycles. The van der Waals surface area contributed by atoms with Gasteiger partial charge < -0.3 is 31.7 Å². The molecule has 68 heavy (non-hydrogen) atoms. The summed E-state index contributed by atoms with van der Waals surface area (Å²) >= 11 is 0. The van der Waals surface area contributed by atoms with E-state index < -0.39 is 24.3 Å². The van der Waals surface area contributed by atoms with Crippen molar-refractivity contribution in [3.8, 4) is 34.5 Å². The van der Waals surface area contributed by atoms with Crippen molar-refractivity contribution in [3.05, 3.63) is 249 Å². The predicted octanol–water partition coefficient (Wildman–Crippen LogP) is 15.5. The lowest BCUT2D eigenvalue weighted by molar-refractivity contribution is 0.389. The van der Waals surface area contributed by atoms with Crippen molar-refractivity contribution < 1.29 is 31.7 Å². The third kappa shape index (κ3) is 9.21. The van der Waals surface area contributed by atoms with E-state index in [1.807, 2.05) is 212 Å². The molecule has 0 aromatic heterocycles. The summed E-state index contributed by atoms with van der Waals surface area (Å²) in [5.41, 5.74) is 0. The fourth-order valence-electron chi connectivity index (χ4n) is 8.15. The summed E-state index contributed by atoms with van der Waals surface area (Å²) in [6.45, 7) is 0. The summed E-state index contributed by atoms with van der Waals surface area (Å²) in [5.74, 6) is 2.88. The monoisotopic (exact) mass is 942 g/mol. The van der Waals surface area contributed by atoms with Crippen LogP contribution in [0.15, 0.2) is 249 Å². The topological polar surface area (TPSA) is 72.5 Å². The van der Waals surface area contributed by atoms with Crippen molar-refractivity contribution in [2.45, 2.75) is 0 Å². The van der Waals surface area contributed by atoms with E-state index in [1.54, 1.807) is 12.1 Å². The molecular weight excluding hydrogens is 902 g/mol. The Labute approximate surface area is 396 Å². The van der Waals surface area contributed by atoms with E-state index in [0.717, 1.165) is 43.1 Å². The van der Waals surface area contributed by atoms with Crippen molar-refractivity contribution in [2.24, 2.45) is 0 Å². The van der Waals surface area contributed by atoms with Gasteiger partial charge in [0.05, 0.1) is 10.6 Å². The molecule has 11 aromatic rings. The average molecular weight is 943 g/mol. The smallest absolute Gasteiger partial charge is 0.408 e. The maximum atomic E-state index is 16.7. The predicted molar refractivity (Wildman–Crippen MR) is 279 cm³/mol. The number of benzene rings is 11. The summed E-state index contributed by atoms with van der Waals surface area (Å²) in [4.78, 5) is 0. The quantitative estimate of drug-likeness (QED) is 0.0948. The van der Waals surface area contributed by atoms with Crippen LogP contribution in [0.2, 0.25) is 0 Å². The van der Waals surface area contributed by atoms with E-state index in [0.29, 0.717) is 50.4 Å². The molecule has 0 aliphatic carbocycles. The summed E-state index contributed by atoms with van der Waals surface area (Å²) in [5, 5.41) is 9.73. The third-order valence-corrected chi connectivity index (χ3v) is 16.7. The van der Waals surface area contributed by atoms with Gasteiger partial charge >= 0.3 is 17.2 Å². The van der Waals surface area contributed by atoms with Crippen LogP contribution in [0.4, 0.5) is 0 Å². The molecule has 0 spiro atoms. The highest BCUT2D eigenvalue weighted by Crippen LogP contribution is 2.52. The lowest BCUT2D eigenvalue weighted by atomic mass is 10.1. The van der Waals surface area contributed by atoms with E-state index >= 15 is 4.57 Å². The summed E-state index contributed by atoms with van der Waals surface area (Å²) in [6.07, 6.45) is 0. The maximum absolute atomic E-state index is 16.7. The molecule has 11 aromatic carbocycles. The summed E-state index contributed by atoms with van der Waals surface area (Å²) < 4.78 is 57.0. The zero-order chi connectivity index (χ0) is 45.7. The van der Waals surface area contributed by atoms with Gasteiger partial charge in [-0.3, -0.25) is 0 Å². The van der Waals surface area contributed by atoms with Gasteiger partial charge in [0, 0.05) is 5.30 Å². The Morgan fingerprint density at radius 2 is 0.544 bits per heavy atom. The van der Waals surface area contributed by atoms with Crippen LogP contribution in [0.1, 0.15) is 0 Å². The van der Waals surface area contributed by atoms with Gasteiger partial charge in [0.25, 0.3) is 0 Å². The van der Waals surface area contributed by atoms with Gasteiger partial charge in [0.2, 0.25) is 0 Å². The number of rotatable bonds is 15. The van der Waals surface area contributed by atoms with Crippen molar-refractivity contribution >= 4 is 83.4 Å². The number of fused-ring (bicyclic) bond motifs is 4. The molecule has 10 heteroatoms. The second-order valence-corrected chi connectivity index (χ2v) is 20.6.